The summed E-state index contributed by atoms with van der Waals surface area (Å²) in [5.74, 6) is -0.306. The molecule has 0 atom stereocenters. The molecule has 0 spiro atoms. The Labute approximate surface area is 136 Å². The van der Waals surface area contributed by atoms with Crippen molar-refractivity contribution >= 4 is 71.5 Å². The van der Waals surface area contributed by atoms with Crippen molar-refractivity contribution in [2.75, 3.05) is 5.32 Å². The molecule has 0 amide bonds. The van der Waals surface area contributed by atoms with E-state index in [1.165, 1.54) is 23.5 Å². The van der Waals surface area contributed by atoms with E-state index in [0.717, 1.165) is 9.17 Å². The lowest BCUT2D eigenvalue weighted by atomic mass is 10.3. The number of rotatable bonds is 2. The summed E-state index contributed by atoms with van der Waals surface area (Å²) < 4.78 is 14.8. The number of fused-ring (bicyclic) bond motifs is 1. The minimum Gasteiger partial charge on any atom is -0.330 e. The van der Waals surface area contributed by atoms with Crippen LogP contribution in [-0.4, -0.2) is 4.98 Å². The smallest absolute Gasteiger partial charge is 0.188 e. The van der Waals surface area contributed by atoms with Gasteiger partial charge in [-0.2, -0.15) is 0 Å². The van der Waals surface area contributed by atoms with E-state index >= 15 is 0 Å². The average Bonchev–Trinajstić information content (AvgIpc) is 2.81. The molecule has 3 aromatic rings. The molecule has 2 aromatic carbocycles. The molecule has 2 nitrogen and oxygen atoms in total. The van der Waals surface area contributed by atoms with Crippen LogP contribution in [0, 0.1) is 5.82 Å². The van der Waals surface area contributed by atoms with Gasteiger partial charge >= 0.3 is 0 Å². The summed E-state index contributed by atoms with van der Waals surface area (Å²) in [6, 6.07) is 8.10. The number of benzene rings is 2. The highest BCUT2D eigenvalue weighted by atomic mass is 79.9. The van der Waals surface area contributed by atoms with Gasteiger partial charge in [-0.3, -0.25) is 0 Å². The standard InChI is InChI=1S/C13H6BrCl2FN2S/c14-7-2-3-8(12(16)11(7)15)18-13-19-9-5-6(17)1-4-10(9)20-13/h1-5H,(H,18,19). The van der Waals surface area contributed by atoms with Gasteiger partial charge in [-0.25, -0.2) is 9.37 Å². The topological polar surface area (TPSA) is 24.9 Å². The number of halogens is 4. The second kappa shape index (κ2) is 5.48. The van der Waals surface area contributed by atoms with Crippen LogP contribution in [-0.2, 0) is 0 Å². The lowest BCUT2D eigenvalue weighted by Crippen LogP contribution is -1.91. The van der Waals surface area contributed by atoms with Gasteiger partial charge in [0.2, 0.25) is 0 Å². The molecule has 0 aliphatic heterocycles. The Morgan fingerprint density at radius 3 is 2.75 bits per heavy atom. The molecule has 0 saturated heterocycles. The fourth-order valence-electron chi connectivity index (χ4n) is 1.69. The Morgan fingerprint density at radius 2 is 1.95 bits per heavy atom. The van der Waals surface area contributed by atoms with E-state index in [2.05, 4.69) is 26.2 Å². The van der Waals surface area contributed by atoms with E-state index < -0.39 is 0 Å². The summed E-state index contributed by atoms with van der Waals surface area (Å²) in [4.78, 5) is 4.32. The third kappa shape index (κ3) is 2.63. The largest absolute Gasteiger partial charge is 0.330 e. The van der Waals surface area contributed by atoms with Gasteiger partial charge in [-0.05, 0) is 40.2 Å². The van der Waals surface area contributed by atoms with E-state index in [1.54, 1.807) is 18.2 Å². The van der Waals surface area contributed by atoms with Gasteiger partial charge in [-0.15, -0.1) is 0 Å². The molecule has 7 heteroatoms. The normalized spacial score (nSPS) is 11.0. The first-order valence-electron chi connectivity index (χ1n) is 5.51. The Hall–Kier alpha value is -0.880. The van der Waals surface area contributed by atoms with Gasteiger partial charge in [-0.1, -0.05) is 34.5 Å². The van der Waals surface area contributed by atoms with Gasteiger partial charge in [0.25, 0.3) is 0 Å². The Morgan fingerprint density at radius 1 is 1.15 bits per heavy atom. The van der Waals surface area contributed by atoms with Gasteiger partial charge in [0.15, 0.2) is 5.13 Å². The van der Waals surface area contributed by atoms with Gasteiger partial charge in [0.1, 0.15) is 5.82 Å². The van der Waals surface area contributed by atoms with Gasteiger partial charge in [0, 0.05) is 10.5 Å². The molecular weight excluding hydrogens is 386 g/mol. The zero-order chi connectivity index (χ0) is 14.3. The molecule has 3 rings (SSSR count). The van der Waals surface area contributed by atoms with E-state index in [9.17, 15) is 4.39 Å². The Balaban J connectivity index is 1.99. The molecule has 1 heterocycles. The lowest BCUT2D eigenvalue weighted by molar-refractivity contribution is 0.629. The summed E-state index contributed by atoms with van der Waals surface area (Å²) in [5, 5.41) is 4.57. The fraction of sp³-hybridized carbons (Fsp3) is 0. The summed E-state index contributed by atoms with van der Waals surface area (Å²) in [6.45, 7) is 0. The highest BCUT2D eigenvalue weighted by Crippen LogP contribution is 2.38. The van der Waals surface area contributed by atoms with E-state index in [4.69, 9.17) is 23.2 Å². The highest BCUT2D eigenvalue weighted by Gasteiger charge is 2.11. The zero-order valence-corrected chi connectivity index (χ0v) is 13.7. The summed E-state index contributed by atoms with van der Waals surface area (Å²) in [5.41, 5.74) is 1.26. The summed E-state index contributed by atoms with van der Waals surface area (Å²) in [7, 11) is 0. The van der Waals surface area contributed by atoms with Crippen LogP contribution in [0.3, 0.4) is 0 Å². The molecule has 0 bridgehead atoms. The fourth-order valence-corrected chi connectivity index (χ4v) is 3.37. The number of nitrogens with zero attached hydrogens (tertiary/aromatic N) is 1. The Bertz CT molecular complexity index is 806. The third-order valence-corrected chi connectivity index (χ3v) is 5.35. The first kappa shape index (κ1) is 14.1. The first-order chi connectivity index (χ1) is 9.54. The van der Waals surface area contributed by atoms with Crippen LogP contribution in [0.25, 0.3) is 10.2 Å². The van der Waals surface area contributed by atoms with Crippen molar-refractivity contribution in [1.82, 2.24) is 4.98 Å². The quantitative estimate of drug-likeness (QED) is 0.522. The maximum Gasteiger partial charge on any atom is 0.188 e. The van der Waals surface area contributed by atoms with Crippen LogP contribution >= 0.6 is 50.5 Å². The second-order valence-electron chi connectivity index (χ2n) is 3.98. The van der Waals surface area contributed by atoms with Gasteiger partial charge < -0.3 is 5.32 Å². The van der Waals surface area contributed by atoms with Crippen LogP contribution in [0.1, 0.15) is 0 Å². The number of hydrogen-bond acceptors (Lipinski definition) is 3. The molecule has 20 heavy (non-hydrogen) atoms. The van der Waals surface area contributed by atoms with Crippen LogP contribution < -0.4 is 5.32 Å². The molecule has 0 aliphatic carbocycles. The molecule has 0 saturated carbocycles. The van der Waals surface area contributed by atoms with E-state index in [1.807, 2.05) is 0 Å². The molecule has 0 aliphatic rings. The monoisotopic (exact) mass is 390 g/mol. The molecular formula is C13H6BrCl2FN2S. The SMILES string of the molecule is Fc1ccc2sc(Nc3ccc(Br)c(Cl)c3Cl)nc2c1. The van der Waals surface area contributed by atoms with Crippen LogP contribution in [0.5, 0.6) is 0 Å². The predicted molar refractivity (Wildman–Crippen MR) is 87.0 cm³/mol. The summed E-state index contributed by atoms with van der Waals surface area (Å²) >= 11 is 16.9. The van der Waals surface area contributed by atoms with E-state index in [0.29, 0.717) is 26.4 Å². The molecule has 0 fully saturated rings. The number of aromatic nitrogens is 1. The molecule has 102 valence electrons. The molecule has 1 aromatic heterocycles. The molecule has 1 N–H and O–H groups in total. The lowest BCUT2D eigenvalue weighted by Gasteiger charge is -2.07. The highest BCUT2D eigenvalue weighted by molar-refractivity contribution is 9.10. The number of nitrogens with one attached hydrogen (secondary N) is 1. The maximum atomic E-state index is 13.1. The first-order valence-corrected chi connectivity index (χ1v) is 7.88. The minimum atomic E-state index is -0.306. The van der Waals surface area contributed by atoms with Crippen LogP contribution in [0.2, 0.25) is 10.0 Å². The van der Waals surface area contributed by atoms with Crippen LogP contribution in [0.4, 0.5) is 15.2 Å². The average molecular weight is 392 g/mol. The number of hydrogen-bond donors (Lipinski definition) is 1. The van der Waals surface area contributed by atoms with Crippen molar-refractivity contribution in [2.24, 2.45) is 0 Å². The van der Waals surface area contributed by atoms with Crippen molar-refractivity contribution in [2.45, 2.75) is 0 Å². The molecule has 0 unspecified atom stereocenters. The zero-order valence-electron chi connectivity index (χ0n) is 9.75. The third-order valence-electron chi connectivity index (χ3n) is 2.63. The van der Waals surface area contributed by atoms with Crippen molar-refractivity contribution < 1.29 is 4.39 Å². The van der Waals surface area contributed by atoms with Crippen molar-refractivity contribution in [3.63, 3.8) is 0 Å². The Kier molecular flexibility index (Phi) is 3.86. The predicted octanol–water partition coefficient (Wildman–Crippen LogP) is 6.25. The summed E-state index contributed by atoms with van der Waals surface area (Å²) in [6.07, 6.45) is 0. The number of anilines is 2. The van der Waals surface area contributed by atoms with Crippen molar-refractivity contribution in [3.8, 4) is 0 Å². The van der Waals surface area contributed by atoms with Crippen LogP contribution in [0.15, 0.2) is 34.8 Å². The molecule has 0 radical (unpaired) electrons. The maximum absolute atomic E-state index is 13.1. The van der Waals surface area contributed by atoms with Crippen molar-refractivity contribution in [1.29, 1.82) is 0 Å². The minimum absolute atomic E-state index is 0.306. The second-order valence-corrected chi connectivity index (χ2v) is 6.62. The van der Waals surface area contributed by atoms with Crippen molar-refractivity contribution in [3.05, 3.63) is 50.7 Å². The van der Waals surface area contributed by atoms with Gasteiger partial charge in [0.05, 0.1) is 25.9 Å². The number of thiazole rings is 1. The van der Waals surface area contributed by atoms with E-state index in [-0.39, 0.29) is 5.82 Å².